The summed E-state index contributed by atoms with van der Waals surface area (Å²) in [4.78, 5) is 22.3. The van der Waals surface area contributed by atoms with Gasteiger partial charge in [0.2, 0.25) is 5.91 Å². The molecule has 7 nitrogen and oxygen atoms in total. The quantitative estimate of drug-likeness (QED) is 0.385. The summed E-state index contributed by atoms with van der Waals surface area (Å²) in [5.74, 6) is 1.26. The number of piperazine rings is 1. The zero-order valence-electron chi connectivity index (χ0n) is 15.8. The molecule has 0 radical (unpaired) electrons. The number of benzene rings is 1. The average Bonchev–Trinajstić information content (AvgIpc) is 2.61. The van der Waals surface area contributed by atoms with Crippen LogP contribution in [0.4, 0.5) is 5.69 Å². The van der Waals surface area contributed by atoms with Crippen LogP contribution in [-0.4, -0.2) is 80.1 Å². The highest BCUT2D eigenvalue weighted by Gasteiger charge is 2.21. The highest BCUT2D eigenvalue weighted by atomic mass is 127. The number of hydrogen-bond donors (Lipinski definition) is 2. The van der Waals surface area contributed by atoms with Crippen LogP contribution >= 0.6 is 24.0 Å². The summed E-state index contributed by atoms with van der Waals surface area (Å²) in [7, 11) is 3.52. The normalized spacial score (nSPS) is 14.7. The minimum Gasteiger partial charge on any atom is -0.506 e. The Bertz CT molecular complexity index is 601. The van der Waals surface area contributed by atoms with Crippen LogP contribution in [0.3, 0.4) is 0 Å². The van der Waals surface area contributed by atoms with E-state index < -0.39 is 0 Å². The predicted octanol–water partition coefficient (Wildman–Crippen LogP) is 1.58. The van der Waals surface area contributed by atoms with Crippen LogP contribution in [0.2, 0.25) is 0 Å². The summed E-state index contributed by atoms with van der Waals surface area (Å²) < 4.78 is 0. The third-order valence-electron chi connectivity index (χ3n) is 4.22. The molecule has 0 unspecified atom stereocenters. The molecule has 8 heteroatoms. The number of rotatable bonds is 5. The van der Waals surface area contributed by atoms with E-state index in [0.29, 0.717) is 18.7 Å². The molecule has 1 amide bonds. The number of carbonyl (C=O) groups is 1. The van der Waals surface area contributed by atoms with Gasteiger partial charge in [-0.1, -0.05) is 12.1 Å². The maximum Gasteiger partial charge on any atom is 0.223 e. The zero-order valence-corrected chi connectivity index (χ0v) is 18.1. The standard InChI is InChI=1S/C18H29N5O2.HI/c1-4-19-18(20-10-9-17(25)21(2)3)23-13-11-22(12-14-23)15-7-5-6-8-16(15)24;/h5-8,24H,4,9-14H2,1-3H3,(H,19,20);1H. The highest BCUT2D eigenvalue weighted by Crippen LogP contribution is 2.27. The van der Waals surface area contributed by atoms with Crippen molar-refractivity contribution in [3.8, 4) is 5.75 Å². The predicted molar refractivity (Wildman–Crippen MR) is 117 cm³/mol. The number of amides is 1. The summed E-state index contributed by atoms with van der Waals surface area (Å²) in [6.07, 6.45) is 0.416. The molecular formula is C18H30IN5O2. The smallest absolute Gasteiger partial charge is 0.223 e. The first-order valence-electron chi connectivity index (χ1n) is 8.79. The monoisotopic (exact) mass is 475 g/mol. The van der Waals surface area contributed by atoms with Crippen molar-refractivity contribution < 1.29 is 9.90 Å². The number of aromatic hydroxyl groups is 1. The van der Waals surface area contributed by atoms with Gasteiger partial charge in [-0.05, 0) is 19.1 Å². The first-order valence-corrected chi connectivity index (χ1v) is 8.79. The van der Waals surface area contributed by atoms with Crippen molar-refractivity contribution in [1.82, 2.24) is 15.1 Å². The Balaban J connectivity index is 0.00000338. The van der Waals surface area contributed by atoms with E-state index in [0.717, 1.165) is 44.4 Å². The number of phenolic OH excluding ortho intramolecular Hbond substituents is 1. The van der Waals surface area contributed by atoms with Gasteiger partial charge in [-0.25, -0.2) is 0 Å². The van der Waals surface area contributed by atoms with Gasteiger partial charge in [0.1, 0.15) is 5.75 Å². The molecule has 1 aliphatic heterocycles. The van der Waals surface area contributed by atoms with Crippen LogP contribution in [0.5, 0.6) is 5.75 Å². The lowest BCUT2D eigenvalue weighted by molar-refractivity contribution is -0.128. The van der Waals surface area contributed by atoms with E-state index in [9.17, 15) is 9.90 Å². The fourth-order valence-electron chi connectivity index (χ4n) is 2.80. The fourth-order valence-corrected chi connectivity index (χ4v) is 2.80. The largest absolute Gasteiger partial charge is 0.506 e. The van der Waals surface area contributed by atoms with E-state index in [2.05, 4.69) is 20.1 Å². The van der Waals surface area contributed by atoms with E-state index in [1.165, 1.54) is 0 Å². The lowest BCUT2D eigenvalue weighted by atomic mass is 10.2. The third kappa shape index (κ3) is 6.22. The number of phenols is 1. The molecule has 1 saturated heterocycles. The molecule has 1 fully saturated rings. The Hall–Kier alpha value is -1.71. The Kier molecular flexibility index (Phi) is 9.53. The van der Waals surface area contributed by atoms with Crippen LogP contribution in [0.15, 0.2) is 29.3 Å². The van der Waals surface area contributed by atoms with Gasteiger partial charge in [0.15, 0.2) is 5.96 Å². The van der Waals surface area contributed by atoms with Crippen molar-refractivity contribution >= 4 is 41.5 Å². The maximum absolute atomic E-state index is 11.7. The van der Waals surface area contributed by atoms with Gasteiger partial charge in [0, 0.05) is 53.2 Å². The van der Waals surface area contributed by atoms with Crippen molar-refractivity contribution in [3.63, 3.8) is 0 Å². The molecule has 0 spiro atoms. The second kappa shape index (κ2) is 11.1. The second-order valence-corrected chi connectivity index (χ2v) is 6.24. The van der Waals surface area contributed by atoms with Gasteiger partial charge in [-0.3, -0.25) is 9.79 Å². The Morgan fingerprint density at radius 2 is 1.88 bits per heavy atom. The molecule has 1 heterocycles. The molecule has 2 rings (SSSR count). The van der Waals surface area contributed by atoms with E-state index >= 15 is 0 Å². The van der Waals surface area contributed by atoms with Gasteiger partial charge in [-0.15, -0.1) is 24.0 Å². The summed E-state index contributed by atoms with van der Waals surface area (Å²) >= 11 is 0. The molecule has 0 aliphatic carbocycles. The SMILES string of the molecule is CCNC(=NCCC(=O)N(C)C)N1CCN(c2ccccc2O)CC1.I. The molecule has 1 aromatic rings. The van der Waals surface area contributed by atoms with E-state index in [4.69, 9.17) is 0 Å². The number of carbonyl (C=O) groups excluding carboxylic acids is 1. The molecular weight excluding hydrogens is 445 g/mol. The molecule has 0 saturated carbocycles. The van der Waals surface area contributed by atoms with Crippen molar-refractivity contribution in [1.29, 1.82) is 0 Å². The van der Waals surface area contributed by atoms with Crippen molar-refractivity contribution in [2.45, 2.75) is 13.3 Å². The molecule has 1 aliphatic rings. The van der Waals surface area contributed by atoms with Crippen LogP contribution < -0.4 is 10.2 Å². The van der Waals surface area contributed by atoms with E-state index in [1.807, 2.05) is 25.1 Å². The average molecular weight is 475 g/mol. The summed E-state index contributed by atoms with van der Waals surface area (Å²) in [5.41, 5.74) is 0.876. The Labute approximate surface area is 173 Å². The van der Waals surface area contributed by atoms with Crippen LogP contribution in [0.25, 0.3) is 0 Å². The maximum atomic E-state index is 11.7. The fraction of sp³-hybridized carbons (Fsp3) is 0.556. The molecule has 0 atom stereocenters. The number of anilines is 1. The minimum atomic E-state index is 0. The molecule has 2 N–H and O–H groups in total. The first kappa shape index (κ1) is 22.3. The lowest BCUT2D eigenvalue weighted by Gasteiger charge is -2.37. The van der Waals surface area contributed by atoms with Crippen LogP contribution in [0.1, 0.15) is 13.3 Å². The van der Waals surface area contributed by atoms with Gasteiger partial charge in [0.05, 0.1) is 12.2 Å². The van der Waals surface area contributed by atoms with Crippen LogP contribution in [-0.2, 0) is 4.79 Å². The van der Waals surface area contributed by atoms with Crippen molar-refractivity contribution in [2.24, 2.45) is 4.99 Å². The number of nitrogens with zero attached hydrogens (tertiary/aromatic N) is 4. The number of para-hydroxylation sites is 2. The molecule has 0 bridgehead atoms. The number of halogens is 1. The summed E-state index contributed by atoms with van der Waals surface area (Å²) in [5, 5.41) is 13.3. The van der Waals surface area contributed by atoms with E-state index in [-0.39, 0.29) is 29.9 Å². The second-order valence-electron chi connectivity index (χ2n) is 6.24. The van der Waals surface area contributed by atoms with Crippen molar-refractivity contribution in [2.75, 3.05) is 58.3 Å². The number of guanidine groups is 1. The van der Waals surface area contributed by atoms with Gasteiger partial charge < -0.3 is 25.1 Å². The molecule has 1 aromatic carbocycles. The zero-order chi connectivity index (χ0) is 18.2. The molecule has 146 valence electrons. The summed E-state index contributed by atoms with van der Waals surface area (Å²) in [6.45, 7) is 6.60. The van der Waals surface area contributed by atoms with E-state index in [1.54, 1.807) is 25.1 Å². The first-order chi connectivity index (χ1) is 12.0. The minimum absolute atomic E-state index is 0. The molecule has 0 aromatic heterocycles. The third-order valence-corrected chi connectivity index (χ3v) is 4.22. The van der Waals surface area contributed by atoms with Gasteiger partial charge >= 0.3 is 0 Å². The molecule has 26 heavy (non-hydrogen) atoms. The summed E-state index contributed by atoms with van der Waals surface area (Å²) in [6, 6.07) is 7.43. The number of nitrogens with one attached hydrogen (secondary N) is 1. The van der Waals surface area contributed by atoms with Crippen molar-refractivity contribution in [3.05, 3.63) is 24.3 Å². The van der Waals surface area contributed by atoms with Gasteiger partial charge in [-0.2, -0.15) is 0 Å². The van der Waals surface area contributed by atoms with Crippen LogP contribution in [0, 0.1) is 0 Å². The number of hydrogen-bond acceptors (Lipinski definition) is 4. The Morgan fingerprint density at radius 1 is 1.23 bits per heavy atom. The lowest BCUT2D eigenvalue weighted by Crippen LogP contribution is -2.52. The van der Waals surface area contributed by atoms with Gasteiger partial charge in [0.25, 0.3) is 0 Å². The number of aliphatic imine (C=N–C) groups is 1. The highest BCUT2D eigenvalue weighted by molar-refractivity contribution is 14.0. The topological polar surface area (TPSA) is 71.4 Å². The Morgan fingerprint density at radius 3 is 2.46 bits per heavy atom.